The summed E-state index contributed by atoms with van der Waals surface area (Å²) in [5, 5.41) is 1.78. The predicted molar refractivity (Wildman–Crippen MR) is 98.4 cm³/mol. The molecule has 5 heteroatoms. The fraction of sp³-hybridized carbons (Fsp3) is 0.263. The van der Waals surface area contributed by atoms with Gasteiger partial charge < -0.3 is 20.2 Å². The minimum absolute atomic E-state index is 0.164. The first-order chi connectivity index (χ1) is 11.7. The van der Waals surface area contributed by atoms with Gasteiger partial charge in [0, 0.05) is 23.0 Å². The van der Waals surface area contributed by atoms with Crippen LogP contribution in [0.2, 0.25) is 5.02 Å². The van der Waals surface area contributed by atoms with E-state index in [1.807, 2.05) is 30.5 Å². The van der Waals surface area contributed by atoms with Crippen LogP contribution in [0.5, 0.6) is 11.5 Å². The number of hydrogen-bond donors (Lipinski definition) is 2. The Morgan fingerprint density at radius 1 is 1.12 bits per heavy atom. The largest absolute Gasteiger partial charge is 0.493 e. The van der Waals surface area contributed by atoms with Gasteiger partial charge in [0.05, 0.1) is 19.2 Å². The van der Waals surface area contributed by atoms with Gasteiger partial charge in [0.1, 0.15) is 0 Å². The first-order valence-electron chi connectivity index (χ1n) is 7.85. The molecule has 0 saturated heterocycles. The van der Waals surface area contributed by atoms with Crippen LogP contribution in [-0.4, -0.2) is 25.7 Å². The topological polar surface area (TPSA) is 60.3 Å². The van der Waals surface area contributed by atoms with Crippen molar-refractivity contribution in [2.45, 2.75) is 12.3 Å². The van der Waals surface area contributed by atoms with E-state index in [1.165, 1.54) is 10.9 Å². The number of fused-ring (bicyclic) bond motifs is 1. The summed E-state index contributed by atoms with van der Waals surface area (Å²) in [6, 6.07) is 12.1. The molecule has 3 aromatic rings. The molecule has 0 fully saturated rings. The van der Waals surface area contributed by atoms with Crippen molar-refractivity contribution in [1.29, 1.82) is 0 Å². The Labute approximate surface area is 146 Å². The number of ether oxygens (including phenoxy) is 2. The second-order valence-electron chi connectivity index (χ2n) is 5.70. The Morgan fingerprint density at radius 3 is 2.62 bits per heavy atom. The van der Waals surface area contributed by atoms with Crippen molar-refractivity contribution in [1.82, 2.24) is 4.98 Å². The second kappa shape index (κ2) is 7.16. The summed E-state index contributed by atoms with van der Waals surface area (Å²) >= 11 is 6.52. The molecule has 1 atom stereocenters. The Hall–Kier alpha value is -2.17. The molecule has 1 heterocycles. The molecule has 0 spiro atoms. The Kier molecular flexibility index (Phi) is 4.97. The molecule has 3 N–H and O–H groups in total. The lowest BCUT2D eigenvalue weighted by Crippen LogP contribution is -2.15. The van der Waals surface area contributed by atoms with E-state index in [4.69, 9.17) is 26.8 Å². The van der Waals surface area contributed by atoms with E-state index < -0.39 is 0 Å². The van der Waals surface area contributed by atoms with Crippen molar-refractivity contribution in [3.8, 4) is 11.5 Å². The molecule has 0 aliphatic carbocycles. The first-order valence-corrected chi connectivity index (χ1v) is 8.22. The maximum atomic E-state index is 6.52. The van der Waals surface area contributed by atoms with Gasteiger partial charge in [0.2, 0.25) is 0 Å². The quantitative estimate of drug-likeness (QED) is 0.707. The van der Waals surface area contributed by atoms with Gasteiger partial charge in [0.25, 0.3) is 0 Å². The summed E-state index contributed by atoms with van der Waals surface area (Å²) in [7, 11) is 3.19. The van der Waals surface area contributed by atoms with Crippen LogP contribution in [0.25, 0.3) is 10.9 Å². The fourth-order valence-electron chi connectivity index (χ4n) is 3.11. The molecule has 0 amide bonds. The molecule has 1 unspecified atom stereocenters. The molecule has 0 aliphatic heterocycles. The SMILES string of the molecule is COc1ccc(CC(CN)c2c[nH]c3ccccc23)c(Cl)c1OC. The first kappa shape index (κ1) is 16.7. The minimum Gasteiger partial charge on any atom is -0.493 e. The highest BCUT2D eigenvalue weighted by Gasteiger charge is 2.19. The van der Waals surface area contributed by atoms with Crippen LogP contribution in [0.3, 0.4) is 0 Å². The van der Waals surface area contributed by atoms with E-state index >= 15 is 0 Å². The monoisotopic (exact) mass is 344 g/mol. The number of rotatable bonds is 6. The Bertz CT molecular complexity index is 844. The van der Waals surface area contributed by atoms with Gasteiger partial charge in [-0.15, -0.1) is 0 Å². The van der Waals surface area contributed by atoms with Gasteiger partial charge in [0.15, 0.2) is 11.5 Å². The second-order valence-corrected chi connectivity index (χ2v) is 6.08. The van der Waals surface area contributed by atoms with Crippen LogP contribution in [0.1, 0.15) is 17.0 Å². The van der Waals surface area contributed by atoms with Crippen molar-refractivity contribution in [2.75, 3.05) is 20.8 Å². The van der Waals surface area contributed by atoms with Crippen LogP contribution >= 0.6 is 11.6 Å². The zero-order valence-electron chi connectivity index (χ0n) is 13.8. The van der Waals surface area contributed by atoms with E-state index in [-0.39, 0.29) is 5.92 Å². The zero-order chi connectivity index (χ0) is 17.1. The number of nitrogens with two attached hydrogens (primary N) is 1. The van der Waals surface area contributed by atoms with Crippen molar-refractivity contribution in [3.05, 3.63) is 58.7 Å². The van der Waals surface area contributed by atoms with Gasteiger partial charge in [-0.05, 0) is 36.2 Å². The third-order valence-electron chi connectivity index (χ3n) is 4.38. The van der Waals surface area contributed by atoms with Gasteiger partial charge in [-0.3, -0.25) is 0 Å². The summed E-state index contributed by atoms with van der Waals surface area (Å²) in [4.78, 5) is 3.31. The van der Waals surface area contributed by atoms with Crippen LogP contribution in [-0.2, 0) is 6.42 Å². The smallest absolute Gasteiger partial charge is 0.179 e. The summed E-state index contributed by atoms with van der Waals surface area (Å²) in [6.07, 6.45) is 2.77. The maximum Gasteiger partial charge on any atom is 0.179 e. The number of aromatic amines is 1. The van der Waals surface area contributed by atoms with Crippen LogP contribution < -0.4 is 15.2 Å². The lowest BCUT2D eigenvalue weighted by Gasteiger charge is -2.18. The van der Waals surface area contributed by atoms with Crippen LogP contribution in [0, 0.1) is 0 Å². The van der Waals surface area contributed by atoms with Gasteiger partial charge in [-0.25, -0.2) is 0 Å². The van der Waals surface area contributed by atoms with E-state index in [0.29, 0.717) is 23.1 Å². The van der Waals surface area contributed by atoms with Crippen LogP contribution in [0.4, 0.5) is 0 Å². The average Bonchev–Trinajstić information content (AvgIpc) is 3.04. The lowest BCUT2D eigenvalue weighted by molar-refractivity contribution is 0.354. The fourth-order valence-corrected chi connectivity index (χ4v) is 3.42. The zero-order valence-corrected chi connectivity index (χ0v) is 14.6. The third-order valence-corrected chi connectivity index (χ3v) is 4.79. The molecule has 3 rings (SSSR count). The molecular weight excluding hydrogens is 324 g/mol. The van der Waals surface area contributed by atoms with E-state index in [2.05, 4.69) is 17.1 Å². The summed E-state index contributed by atoms with van der Waals surface area (Å²) in [6.45, 7) is 0.534. The molecule has 4 nitrogen and oxygen atoms in total. The lowest BCUT2D eigenvalue weighted by atomic mass is 9.91. The van der Waals surface area contributed by atoms with Gasteiger partial charge in [-0.2, -0.15) is 0 Å². The Balaban J connectivity index is 1.97. The van der Waals surface area contributed by atoms with Gasteiger partial charge >= 0.3 is 0 Å². The standard InChI is InChI=1S/C19H21ClN2O2/c1-23-17-8-7-12(18(20)19(17)24-2)9-13(10-21)15-11-22-16-6-4-3-5-14(15)16/h3-8,11,13,22H,9-10,21H2,1-2H3. The molecule has 0 bridgehead atoms. The van der Waals surface area contributed by atoms with Crippen molar-refractivity contribution < 1.29 is 9.47 Å². The van der Waals surface area contributed by atoms with Crippen molar-refractivity contribution >= 4 is 22.5 Å². The highest BCUT2D eigenvalue weighted by molar-refractivity contribution is 6.33. The van der Waals surface area contributed by atoms with Crippen molar-refractivity contribution in [3.63, 3.8) is 0 Å². The van der Waals surface area contributed by atoms with E-state index in [1.54, 1.807) is 14.2 Å². The van der Waals surface area contributed by atoms with E-state index in [0.717, 1.165) is 17.5 Å². The molecule has 1 aromatic heterocycles. The molecule has 126 valence electrons. The number of nitrogens with one attached hydrogen (secondary N) is 1. The number of methoxy groups -OCH3 is 2. The molecule has 0 aliphatic rings. The summed E-state index contributed by atoms with van der Waals surface area (Å²) in [5.41, 5.74) is 9.38. The Morgan fingerprint density at radius 2 is 1.92 bits per heavy atom. The number of aromatic nitrogens is 1. The number of benzene rings is 2. The predicted octanol–water partition coefficient (Wildman–Crippen LogP) is 4.12. The maximum absolute atomic E-state index is 6.52. The number of H-pyrrole nitrogens is 1. The summed E-state index contributed by atoms with van der Waals surface area (Å²) in [5.74, 6) is 1.35. The molecule has 2 aromatic carbocycles. The number of halogens is 1. The van der Waals surface area contributed by atoms with Crippen LogP contribution in [0.15, 0.2) is 42.6 Å². The molecule has 24 heavy (non-hydrogen) atoms. The number of para-hydroxylation sites is 1. The van der Waals surface area contributed by atoms with E-state index in [9.17, 15) is 0 Å². The minimum atomic E-state index is 0.164. The molecular formula is C19H21ClN2O2. The normalized spacial score (nSPS) is 12.3. The highest BCUT2D eigenvalue weighted by atomic mass is 35.5. The number of hydrogen-bond acceptors (Lipinski definition) is 3. The third kappa shape index (κ3) is 2.95. The molecule has 0 radical (unpaired) electrons. The highest BCUT2D eigenvalue weighted by Crippen LogP contribution is 2.39. The van der Waals surface area contributed by atoms with Gasteiger partial charge in [-0.1, -0.05) is 35.9 Å². The van der Waals surface area contributed by atoms with Crippen molar-refractivity contribution in [2.24, 2.45) is 5.73 Å². The molecule has 0 saturated carbocycles. The summed E-state index contributed by atoms with van der Waals surface area (Å²) < 4.78 is 10.7. The average molecular weight is 345 g/mol.